The fourth-order valence-corrected chi connectivity index (χ4v) is 3.77. The van der Waals surface area contributed by atoms with Gasteiger partial charge in [-0.1, -0.05) is 26.2 Å². The van der Waals surface area contributed by atoms with Gasteiger partial charge in [0.1, 0.15) is 0 Å². The van der Waals surface area contributed by atoms with Gasteiger partial charge in [-0.15, -0.1) is 0 Å². The molecule has 2 fully saturated rings. The summed E-state index contributed by atoms with van der Waals surface area (Å²) >= 11 is 5.47. The summed E-state index contributed by atoms with van der Waals surface area (Å²) in [5.74, 6) is 0. The summed E-state index contributed by atoms with van der Waals surface area (Å²) in [7, 11) is 0. The summed E-state index contributed by atoms with van der Waals surface area (Å²) in [5.41, 5.74) is 0. The van der Waals surface area contributed by atoms with Crippen molar-refractivity contribution in [3.8, 4) is 0 Å². The molecule has 1 heterocycles. The lowest BCUT2D eigenvalue weighted by atomic mass is 9.96. The van der Waals surface area contributed by atoms with E-state index in [1.807, 2.05) is 0 Å². The summed E-state index contributed by atoms with van der Waals surface area (Å²) in [4.78, 5) is 1.77. The van der Waals surface area contributed by atoms with Crippen LogP contribution in [0.15, 0.2) is 0 Å². The lowest BCUT2D eigenvalue weighted by Crippen LogP contribution is -3.13. The maximum atomic E-state index is 5.47. The molecule has 0 unspecified atom stereocenters. The first-order valence-corrected chi connectivity index (χ1v) is 8.59. The van der Waals surface area contributed by atoms with E-state index in [9.17, 15) is 0 Å². The Morgan fingerprint density at radius 3 is 2.16 bits per heavy atom. The van der Waals surface area contributed by atoms with E-state index in [2.05, 4.69) is 17.6 Å². The molecule has 0 bridgehead atoms. The minimum Gasteiger partial charge on any atom is -0.360 e. The van der Waals surface area contributed by atoms with Crippen molar-refractivity contribution in [2.45, 2.75) is 70.4 Å². The number of rotatable bonds is 4. The van der Waals surface area contributed by atoms with Gasteiger partial charge in [0.15, 0.2) is 5.11 Å². The predicted molar refractivity (Wildman–Crippen MR) is 84.6 cm³/mol. The summed E-state index contributed by atoms with van der Waals surface area (Å²) in [6, 6.07) is 1.23. The summed E-state index contributed by atoms with van der Waals surface area (Å²) in [6.45, 7) is 6.22. The number of hydrogen-bond donors (Lipinski definition) is 3. The van der Waals surface area contributed by atoms with Crippen LogP contribution in [0.3, 0.4) is 0 Å². The molecule has 1 aliphatic carbocycles. The van der Waals surface area contributed by atoms with Gasteiger partial charge in [0.25, 0.3) is 0 Å². The Morgan fingerprint density at radius 2 is 1.58 bits per heavy atom. The Balaban J connectivity index is 1.63. The van der Waals surface area contributed by atoms with Gasteiger partial charge in [-0.2, -0.15) is 0 Å². The van der Waals surface area contributed by atoms with Crippen molar-refractivity contribution in [1.82, 2.24) is 10.6 Å². The number of hydrogen-bond acceptors (Lipinski definition) is 1. The molecule has 3 nitrogen and oxygen atoms in total. The average Bonchev–Trinajstić information content (AvgIpc) is 2.42. The van der Waals surface area contributed by atoms with Gasteiger partial charge in [-0.3, -0.25) is 0 Å². The molecule has 0 radical (unpaired) electrons. The van der Waals surface area contributed by atoms with Crippen molar-refractivity contribution < 1.29 is 4.90 Å². The molecular formula is C15H30N3S+. The van der Waals surface area contributed by atoms with Gasteiger partial charge in [-0.05, 0) is 31.5 Å². The van der Waals surface area contributed by atoms with Crippen molar-refractivity contribution in [3.05, 3.63) is 0 Å². The minimum atomic E-state index is 0.601. The van der Waals surface area contributed by atoms with Crippen molar-refractivity contribution in [2.75, 3.05) is 19.6 Å². The van der Waals surface area contributed by atoms with E-state index < -0.39 is 0 Å². The average molecular weight is 284 g/mol. The highest BCUT2D eigenvalue weighted by Gasteiger charge is 2.22. The largest absolute Gasteiger partial charge is 0.360 e. The number of quaternary nitrogens is 1. The van der Waals surface area contributed by atoms with Crippen LogP contribution in [0.25, 0.3) is 0 Å². The van der Waals surface area contributed by atoms with Crippen LogP contribution in [-0.2, 0) is 0 Å². The highest BCUT2D eigenvalue weighted by Crippen LogP contribution is 2.17. The second-order valence-corrected chi connectivity index (χ2v) is 6.64. The van der Waals surface area contributed by atoms with Crippen molar-refractivity contribution >= 4 is 17.3 Å². The Hall–Kier alpha value is -0.350. The Labute approximate surface area is 123 Å². The van der Waals surface area contributed by atoms with Gasteiger partial charge in [0, 0.05) is 24.9 Å². The quantitative estimate of drug-likeness (QED) is 0.679. The first-order chi connectivity index (χ1) is 9.28. The summed E-state index contributed by atoms with van der Waals surface area (Å²) in [6.07, 6.45) is 10.5. The normalized spacial score (nSPS) is 28.9. The first kappa shape index (κ1) is 15.0. The molecule has 1 aliphatic heterocycles. The maximum Gasteiger partial charge on any atom is 0.166 e. The Kier molecular flexibility index (Phi) is 6.38. The van der Waals surface area contributed by atoms with Crippen LogP contribution >= 0.6 is 12.2 Å². The molecule has 1 saturated heterocycles. The van der Waals surface area contributed by atoms with Crippen LogP contribution in [0.1, 0.15) is 58.3 Å². The standard InChI is InChI=1S/C15H29N3S/c1-2-10-18-11-8-14(9-12-18)17-15(19)16-13-6-4-3-5-7-13/h13-14H,2-12H2,1H3,(H2,16,17,19)/p+1. The zero-order valence-corrected chi connectivity index (χ0v) is 13.2. The van der Waals surface area contributed by atoms with Crippen LogP contribution in [-0.4, -0.2) is 36.8 Å². The molecule has 2 aliphatic rings. The summed E-state index contributed by atoms with van der Waals surface area (Å²) in [5, 5.41) is 7.95. The third kappa shape index (κ3) is 5.27. The third-order valence-corrected chi connectivity index (χ3v) is 4.81. The lowest BCUT2D eigenvalue weighted by molar-refractivity contribution is -0.905. The zero-order valence-electron chi connectivity index (χ0n) is 12.3. The van der Waals surface area contributed by atoms with Crippen LogP contribution < -0.4 is 15.5 Å². The molecule has 0 atom stereocenters. The van der Waals surface area contributed by atoms with Crippen molar-refractivity contribution in [2.24, 2.45) is 0 Å². The SMILES string of the molecule is CCC[NH+]1CCC(NC(=S)NC2CCCCC2)CC1. The topological polar surface area (TPSA) is 28.5 Å². The fraction of sp³-hybridized carbons (Fsp3) is 0.933. The van der Waals surface area contributed by atoms with Crippen LogP contribution in [0.4, 0.5) is 0 Å². The van der Waals surface area contributed by atoms with E-state index in [-0.39, 0.29) is 0 Å². The monoisotopic (exact) mass is 284 g/mol. The van der Waals surface area contributed by atoms with Crippen molar-refractivity contribution in [1.29, 1.82) is 0 Å². The van der Waals surface area contributed by atoms with Crippen LogP contribution in [0.5, 0.6) is 0 Å². The number of likely N-dealkylation sites (tertiary alicyclic amines) is 1. The van der Waals surface area contributed by atoms with Gasteiger partial charge in [0.2, 0.25) is 0 Å². The molecule has 0 aromatic carbocycles. The molecule has 19 heavy (non-hydrogen) atoms. The van der Waals surface area contributed by atoms with Gasteiger partial charge < -0.3 is 15.5 Å². The van der Waals surface area contributed by atoms with Gasteiger partial charge >= 0.3 is 0 Å². The second kappa shape index (κ2) is 8.05. The van der Waals surface area contributed by atoms with E-state index >= 15 is 0 Å². The highest BCUT2D eigenvalue weighted by molar-refractivity contribution is 7.80. The molecule has 3 N–H and O–H groups in total. The van der Waals surface area contributed by atoms with E-state index in [1.54, 1.807) is 4.90 Å². The second-order valence-electron chi connectivity index (χ2n) is 6.23. The summed E-state index contributed by atoms with van der Waals surface area (Å²) < 4.78 is 0. The predicted octanol–water partition coefficient (Wildman–Crippen LogP) is 1.24. The fourth-order valence-electron chi connectivity index (χ4n) is 3.43. The molecule has 0 aromatic rings. The molecule has 1 saturated carbocycles. The highest BCUT2D eigenvalue weighted by atomic mass is 32.1. The minimum absolute atomic E-state index is 0.601. The Morgan fingerprint density at radius 1 is 1.00 bits per heavy atom. The molecule has 4 heteroatoms. The van der Waals surface area contributed by atoms with Gasteiger partial charge in [-0.25, -0.2) is 0 Å². The van der Waals surface area contributed by atoms with Crippen LogP contribution in [0, 0.1) is 0 Å². The molecule has 2 rings (SSSR count). The number of thiocarbonyl (C=S) groups is 1. The first-order valence-electron chi connectivity index (χ1n) is 8.18. The maximum absolute atomic E-state index is 5.47. The van der Waals surface area contributed by atoms with E-state index in [1.165, 1.54) is 71.0 Å². The van der Waals surface area contributed by atoms with E-state index in [0.29, 0.717) is 12.1 Å². The number of nitrogens with one attached hydrogen (secondary N) is 3. The zero-order chi connectivity index (χ0) is 13.5. The molecule has 0 aromatic heterocycles. The number of piperidine rings is 1. The lowest BCUT2D eigenvalue weighted by Gasteiger charge is -2.31. The Bertz CT molecular complexity index is 269. The molecule has 110 valence electrons. The molecule has 0 amide bonds. The molecular weight excluding hydrogens is 254 g/mol. The van der Waals surface area contributed by atoms with E-state index in [4.69, 9.17) is 12.2 Å². The van der Waals surface area contributed by atoms with Crippen LogP contribution in [0.2, 0.25) is 0 Å². The van der Waals surface area contributed by atoms with E-state index in [0.717, 1.165) is 5.11 Å². The van der Waals surface area contributed by atoms with Gasteiger partial charge in [0.05, 0.1) is 19.6 Å². The third-order valence-electron chi connectivity index (χ3n) is 4.57. The van der Waals surface area contributed by atoms with Crippen molar-refractivity contribution in [3.63, 3.8) is 0 Å². The molecule has 0 spiro atoms. The smallest absolute Gasteiger partial charge is 0.166 e.